The Morgan fingerprint density at radius 2 is 1.42 bits per heavy atom. The van der Waals surface area contributed by atoms with Gasteiger partial charge in [-0.25, -0.2) is 4.79 Å². The van der Waals surface area contributed by atoms with Crippen molar-refractivity contribution >= 4 is 23.2 Å². The first kappa shape index (κ1) is 31.0. The van der Waals surface area contributed by atoms with Gasteiger partial charge in [-0.1, -0.05) is 120 Å². The third-order valence-corrected chi connectivity index (χ3v) is 8.61. The van der Waals surface area contributed by atoms with E-state index < -0.39 is 41.1 Å². The molecule has 1 aliphatic heterocycles. The number of aromatic amines is 1. The van der Waals surface area contributed by atoms with Gasteiger partial charge in [0.15, 0.2) is 0 Å². The highest BCUT2D eigenvalue weighted by Crippen LogP contribution is 2.42. The number of hydrogen-bond donors (Lipinski definition) is 1. The van der Waals surface area contributed by atoms with Crippen LogP contribution in [0.2, 0.25) is 10.0 Å². The summed E-state index contributed by atoms with van der Waals surface area (Å²) in [7, 11) is 0. The van der Waals surface area contributed by atoms with Gasteiger partial charge in [0.2, 0.25) is 5.82 Å². The molecule has 2 heterocycles. The highest BCUT2D eigenvalue weighted by molar-refractivity contribution is 6.42. The summed E-state index contributed by atoms with van der Waals surface area (Å²) in [5, 5.41) is 0.821. The average molecular weight is 648 g/mol. The molecule has 3 atom stereocenters. The van der Waals surface area contributed by atoms with Crippen molar-refractivity contribution in [3.8, 4) is 0 Å². The summed E-state index contributed by atoms with van der Waals surface area (Å²) >= 11 is 12.3. The lowest BCUT2D eigenvalue weighted by molar-refractivity contribution is -0.106. The minimum Gasteiger partial charge on any atom is -0.371 e. The summed E-state index contributed by atoms with van der Waals surface area (Å²) < 4.78 is 35.0. The molecule has 1 fully saturated rings. The second kappa shape index (κ2) is 13.5. The van der Waals surface area contributed by atoms with Crippen LogP contribution in [0, 0.1) is 5.82 Å². The Morgan fingerprint density at radius 3 is 1.98 bits per heavy atom. The van der Waals surface area contributed by atoms with Crippen LogP contribution in [0.4, 0.5) is 4.39 Å². The fraction of sp³-hybridized carbons (Fsp3) is 0.200. The molecule has 0 spiro atoms. The molecular formula is C35H29Cl2FN2O5. The number of nitrogens with zero attached hydrogens (tertiary/aromatic N) is 1. The van der Waals surface area contributed by atoms with Crippen molar-refractivity contribution in [1.29, 1.82) is 0 Å². The molecule has 0 bridgehead atoms. The molecule has 10 heteroatoms. The molecule has 1 aromatic heterocycles. The summed E-state index contributed by atoms with van der Waals surface area (Å²) in [6.45, 7) is 0.214. The summed E-state index contributed by atoms with van der Waals surface area (Å²) in [6.07, 6.45) is -1.14. The minimum absolute atomic E-state index is 0.0435. The maximum atomic E-state index is 14.3. The SMILES string of the molecule is O=c1[nH]c(=O)n([C@H]2C[C@H](OCc3ccc(Cl)c(Cl)c3)[C@@H](COC(c3ccccc3)(c3ccccc3)c3ccccc3)O2)cc1F. The molecule has 0 saturated carbocycles. The quantitative estimate of drug-likeness (QED) is 0.168. The Hall–Kier alpha value is -4.05. The van der Waals surface area contributed by atoms with Crippen LogP contribution in [-0.2, 0) is 26.4 Å². The van der Waals surface area contributed by atoms with Crippen molar-refractivity contribution in [1.82, 2.24) is 9.55 Å². The Morgan fingerprint density at radius 1 is 0.844 bits per heavy atom. The molecule has 0 amide bonds. The number of rotatable bonds is 10. The molecule has 5 aromatic rings. The van der Waals surface area contributed by atoms with Gasteiger partial charge in [0.1, 0.15) is 17.9 Å². The molecule has 0 radical (unpaired) electrons. The van der Waals surface area contributed by atoms with E-state index in [2.05, 4.69) is 0 Å². The van der Waals surface area contributed by atoms with Gasteiger partial charge < -0.3 is 14.2 Å². The summed E-state index contributed by atoms with van der Waals surface area (Å²) in [4.78, 5) is 26.4. The van der Waals surface area contributed by atoms with Crippen molar-refractivity contribution in [3.63, 3.8) is 0 Å². The van der Waals surface area contributed by atoms with E-state index in [1.807, 2.05) is 96.0 Å². The van der Waals surface area contributed by atoms with Gasteiger partial charge in [0, 0.05) is 6.42 Å². The third-order valence-electron chi connectivity index (χ3n) is 7.87. The Balaban J connectivity index is 1.36. The molecule has 4 aromatic carbocycles. The normalized spacial score (nSPS) is 18.2. The van der Waals surface area contributed by atoms with Crippen molar-refractivity contribution in [2.75, 3.05) is 6.61 Å². The van der Waals surface area contributed by atoms with E-state index in [0.717, 1.165) is 33.0 Å². The van der Waals surface area contributed by atoms with Gasteiger partial charge in [0.05, 0.1) is 35.6 Å². The molecule has 0 unspecified atom stereocenters. The van der Waals surface area contributed by atoms with E-state index in [1.54, 1.807) is 18.2 Å². The number of hydrogen-bond acceptors (Lipinski definition) is 5. The first-order valence-corrected chi connectivity index (χ1v) is 15.1. The van der Waals surface area contributed by atoms with Crippen LogP contribution < -0.4 is 11.2 Å². The van der Waals surface area contributed by atoms with Gasteiger partial charge in [-0.3, -0.25) is 14.3 Å². The van der Waals surface area contributed by atoms with Crippen LogP contribution in [0.3, 0.4) is 0 Å². The lowest BCUT2D eigenvalue weighted by Crippen LogP contribution is -2.38. The van der Waals surface area contributed by atoms with E-state index in [-0.39, 0.29) is 19.6 Å². The highest BCUT2D eigenvalue weighted by Gasteiger charge is 2.43. The Bertz CT molecular complexity index is 1770. The van der Waals surface area contributed by atoms with Gasteiger partial charge in [0.25, 0.3) is 5.56 Å². The highest BCUT2D eigenvalue weighted by atomic mass is 35.5. The summed E-state index contributed by atoms with van der Waals surface area (Å²) in [5.74, 6) is -1.09. The summed E-state index contributed by atoms with van der Waals surface area (Å²) in [6, 6.07) is 34.9. The monoisotopic (exact) mass is 646 g/mol. The molecule has 7 nitrogen and oxygen atoms in total. The smallest absolute Gasteiger partial charge is 0.330 e. The second-order valence-corrected chi connectivity index (χ2v) is 11.5. The third kappa shape index (κ3) is 6.52. The molecule has 1 N–H and O–H groups in total. The fourth-order valence-electron chi connectivity index (χ4n) is 5.68. The van der Waals surface area contributed by atoms with E-state index in [9.17, 15) is 14.0 Å². The standard InChI is InChI=1S/C35H29Cl2FN2O5/c36-27-17-16-23(18-28(27)37)21-43-30-19-32(40-20-29(38)33(41)39-34(40)42)45-31(30)22-44-35(24-10-4-1-5-11-24,25-12-6-2-7-13-25)26-14-8-3-9-15-26/h1-18,20,30-32H,19,21-22H2,(H,39,41,42)/t30-,31+,32+/m0/s1. The topological polar surface area (TPSA) is 82.6 Å². The van der Waals surface area contributed by atoms with Crippen molar-refractivity contribution in [2.24, 2.45) is 0 Å². The lowest BCUT2D eigenvalue weighted by Gasteiger charge is -2.37. The maximum Gasteiger partial charge on any atom is 0.330 e. The summed E-state index contributed by atoms with van der Waals surface area (Å²) in [5.41, 5.74) is 0.591. The fourth-order valence-corrected chi connectivity index (χ4v) is 6.00. The molecular weight excluding hydrogens is 618 g/mol. The van der Waals surface area contributed by atoms with Crippen molar-refractivity contribution in [2.45, 2.75) is 37.1 Å². The van der Waals surface area contributed by atoms with Crippen LogP contribution in [0.15, 0.2) is 125 Å². The zero-order valence-corrected chi connectivity index (χ0v) is 25.5. The Kier molecular flexibility index (Phi) is 9.30. The van der Waals surface area contributed by atoms with E-state index in [1.165, 1.54) is 0 Å². The van der Waals surface area contributed by atoms with Crippen LogP contribution in [0.25, 0.3) is 0 Å². The molecule has 1 aliphatic rings. The molecule has 0 aliphatic carbocycles. The van der Waals surface area contributed by atoms with Gasteiger partial charge in [-0.15, -0.1) is 0 Å². The Labute approximate surface area is 268 Å². The predicted molar refractivity (Wildman–Crippen MR) is 170 cm³/mol. The maximum absolute atomic E-state index is 14.3. The van der Waals surface area contributed by atoms with Gasteiger partial charge in [-0.05, 0) is 34.4 Å². The average Bonchev–Trinajstić information content (AvgIpc) is 3.48. The number of benzene rings is 4. The predicted octanol–water partition coefficient (Wildman–Crippen LogP) is 6.86. The zero-order chi connectivity index (χ0) is 31.4. The van der Waals surface area contributed by atoms with Crippen LogP contribution in [-0.4, -0.2) is 28.4 Å². The molecule has 1 saturated heterocycles. The van der Waals surface area contributed by atoms with Gasteiger partial charge in [-0.2, -0.15) is 4.39 Å². The van der Waals surface area contributed by atoms with Crippen LogP contribution >= 0.6 is 23.2 Å². The number of ether oxygens (including phenoxy) is 3. The van der Waals surface area contributed by atoms with E-state index in [0.29, 0.717) is 10.0 Å². The van der Waals surface area contributed by atoms with Crippen molar-refractivity contribution in [3.05, 3.63) is 174 Å². The van der Waals surface area contributed by atoms with E-state index in [4.69, 9.17) is 37.4 Å². The van der Waals surface area contributed by atoms with Gasteiger partial charge >= 0.3 is 5.69 Å². The first-order valence-electron chi connectivity index (χ1n) is 14.4. The van der Waals surface area contributed by atoms with Crippen molar-refractivity contribution < 1.29 is 18.6 Å². The number of halogens is 3. The molecule has 230 valence electrons. The lowest BCUT2D eigenvalue weighted by atomic mass is 9.80. The number of aromatic nitrogens is 2. The minimum atomic E-state index is -1.10. The number of nitrogens with one attached hydrogen (secondary N) is 1. The first-order chi connectivity index (χ1) is 21.8. The number of H-pyrrole nitrogens is 1. The van der Waals surface area contributed by atoms with Crippen LogP contribution in [0.1, 0.15) is 34.9 Å². The largest absolute Gasteiger partial charge is 0.371 e. The van der Waals surface area contributed by atoms with Crippen LogP contribution in [0.5, 0.6) is 0 Å². The second-order valence-electron chi connectivity index (χ2n) is 10.7. The van der Waals surface area contributed by atoms with E-state index >= 15 is 0 Å². The molecule has 45 heavy (non-hydrogen) atoms. The zero-order valence-electron chi connectivity index (χ0n) is 23.9. The molecule has 6 rings (SSSR count).